The van der Waals surface area contributed by atoms with Crippen LogP contribution in [-0.4, -0.2) is 44.5 Å². The fourth-order valence-electron chi connectivity index (χ4n) is 1.70. The van der Waals surface area contributed by atoms with Crippen LogP contribution in [0, 0.1) is 0 Å². The summed E-state index contributed by atoms with van der Waals surface area (Å²) in [7, 11) is 1.84. The first kappa shape index (κ1) is 20.1. The summed E-state index contributed by atoms with van der Waals surface area (Å²) in [5.74, 6) is 1.47. The molecule has 21 heavy (non-hydrogen) atoms. The minimum Gasteiger partial charge on any atom is -0.388 e. The van der Waals surface area contributed by atoms with E-state index >= 15 is 0 Å². The zero-order valence-electron chi connectivity index (χ0n) is 13.3. The second-order valence-electron chi connectivity index (χ2n) is 4.78. The van der Waals surface area contributed by atoms with E-state index in [2.05, 4.69) is 25.7 Å². The fourth-order valence-corrected chi connectivity index (χ4v) is 1.70. The van der Waals surface area contributed by atoms with Crippen LogP contribution in [0.4, 0.5) is 0 Å². The van der Waals surface area contributed by atoms with Crippen molar-refractivity contribution in [1.29, 1.82) is 0 Å². The smallest absolute Gasteiger partial charge is 0.191 e. The number of aliphatic imine (C=N–C) groups is 1. The molecule has 1 aromatic heterocycles. The van der Waals surface area contributed by atoms with Gasteiger partial charge < -0.3 is 15.7 Å². The van der Waals surface area contributed by atoms with E-state index in [-0.39, 0.29) is 24.0 Å². The van der Waals surface area contributed by atoms with Crippen LogP contribution in [0.2, 0.25) is 0 Å². The van der Waals surface area contributed by atoms with Crippen LogP contribution in [-0.2, 0) is 13.6 Å². The molecule has 1 rings (SSSR count). The lowest BCUT2D eigenvalue weighted by Gasteiger charge is -2.26. The molecule has 0 fully saturated rings. The molecule has 1 aromatic rings. The van der Waals surface area contributed by atoms with Crippen molar-refractivity contribution < 1.29 is 5.11 Å². The van der Waals surface area contributed by atoms with Crippen LogP contribution in [0.25, 0.3) is 0 Å². The van der Waals surface area contributed by atoms with Crippen molar-refractivity contribution in [3.8, 4) is 0 Å². The molecule has 0 spiro atoms. The highest BCUT2D eigenvalue weighted by molar-refractivity contribution is 14.0. The van der Waals surface area contributed by atoms with Crippen molar-refractivity contribution in [2.75, 3.05) is 13.1 Å². The molecule has 0 bridgehead atoms. The Kier molecular flexibility index (Phi) is 9.51. The summed E-state index contributed by atoms with van der Waals surface area (Å²) in [6, 6.07) is 0. The SMILES string of the molecule is CCNC(=NCc1ncnn1C)NCC(O)(CC)CC.I. The van der Waals surface area contributed by atoms with Crippen LogP contribution in [0.5, 0.6) is 0 Å². The van der Waals surface area contributed by atoms with E-state index in [9.17, 15) is 5.11 Å². The van der Waals surface area contributed by atoms with Gasteiger partial charge in [0.05, 0.1) is 5.60 Å². The van der Waals surface area contributed by atoms with Crippen LogP contribution in [0.1, 0.15) is 39.4 Å². The van der Waals surface area contributed by atoms with Crippen molar-refractivity contribution in [2.24, 2.45) is 12.0 Å². The van der Waals surface area contributed by atoms with Gasteiger partial charge in [-0.1, -0.05) is 13.8 Å². The van der Waals surface area contributed by atoms with Crippen molar-refractivity contribution in [3.05, 3.63) is 12.2 Å². The quantitative estimate of drug-likeness (QED) is 0.355. The monoisotopic (exact) mass is 410 g/mol. The highest BCUT2D eigenvalue weighted by atomic mass is 127. The summed E-state index contributed by atoms with van der Waals surface area (Å²) in [6.07, 6.45) is 2.93. The third-order valence-electron chi connectivity index (χ3n) is 3.43. The molecule has 0 unspecified atom stereocenters. The highest BCUT2D eigenvalue weighted by Gasteiger charge is 2.22. The molecular formula is C13H27IN6O. The summed E-state index contributed by atoms with van der Waals surface area (Å²) in [5, 5.41) is 20.6. The summed E-state index contributed by atoms with van der Waals surface area (Å²) in [5.41, 5.74) is -0.693. The second-order valence-corrected chi connectivity index (χ2v) is 4.78. The van der Waals surface area contributed by atoms with Crippen molar-refractivity contribution >= 4 is 29.9 Å². The summed E-state index contributed by atoms with van der Waals surface area (Å²) in [6.45, 7) is 7.66. The molecular weight excluding hydrogens is 383 g/mol. The van der Waals surface area contributed by atoms with Gasteiger partial charge in [0, 0.05) is 20.1 Å². The van der Waals surface area contributed by atoms with E-state index in [4.69, 9.17) is 0 Å². The number of nitrogens with one attached hydrogen (secondary N) is 2. The Labute approximate surface area is 143 Å². The molecule has 0 aromatic carbocycles. The molecule has 8 heteroatoms. The molecule has 0 amide bonds. The third kappa shape index (κ3) is 6.60. The Morgan fingerprint density at radius 2 is 2.00 bits per heavy atom. The minimum atomic E-state index is -0.693. The van der Waals surface area contributed by atoms with Gasteiger partial charge >= 0.3 is 0 Å². The van der Waals surface area contributed by atoms with E-state index in [0.29, 0.717) is 31.9 Å². The number of aromatic nitrogens is 3. The lowest BCUT2D eigenvalue weighted by atomic mass is 9.98. The van der Waals surface area contributed by atoms with Crippen LogP contribution < -0.4 is 10.6 Å². The first-order valence-electron chi connectivity index (χ1n) is 7.12. The van der Waals surface area contributed by atoms with Crippen LogP contribution in [0.15, 0.2) is 11.3 Å². The third-order valence-corrected chi connectivity index (χ3v) is 3.43. The average Bonchev–Trinajstić information content (AvgIpc) is 2.87. The predicted molar refractivity (Wildman–Crippen MR) is 94.8 cm³/mol. The van der Waals surface area contributed by atoms with E-state index < -0.39 is 5.60 Å². The zero-order chi connectivity index (χ0) is 15.0. The van der Waals surface area contributed by atoms with E-state index in [1.165, 1.54) is 6.33 Å². The number of halogens is 1. The van der Waals surface area contributed by atoms with Crippen molar-refractivity contribution in [2.45, 2.75) is 45.8 Å². The summed E-state index contributed by atoms with van der Waals surface area (Å²) in [4.78, 5) is 8.58. The number of hydrogen-bond acceptors (Lipinski definition) is 4. The lowest BCUT2D eigenvalue weighted by molar-refractivity contribution is 0.0367. The number of aliphatic hydroxyl groups is 1. The normalized spacial score (nSPS) is 12.0. The maximum Gasteiger partial charge on any atom is 0.191 e. The summed E-state index contributed by atoms with van der Waals surface area (Å²) >= 11 is 0. The Morgan fingerprint density at radius 3 is 2.48 bits per heavy atom. The number of aryl methyl sites for hydroxylation is 1. The average molecular weight is 410 g/mol. The molecule has 122 valence electrons. The van der Waals surface area contributed by atoms with E-state index in [1.807, 2.05) is 27.8 Å². The Bertz CT molecular complexity index is 430. The minimum absolute atomic E-state index is 0. The van der Waals surface area contributed by atoms with Gasteiger partial charge in [0.2, 0.25) is 0 Å². The van der Waals surface area contributed by atoms with Crippen LogP contribution in [0.3, 0.4) is 0 Å². The van der Waals surface area contributed by atoms with Gasteiger partial charge in [-0.25, -0.2) is 9.98 Å². The fraction of sp³-hybridized carbons (Fsp3) is 0.769. The molecule has 0 saturated carbocycles. The molecule has 0 atom stereocenters. The highest BCUT2D eigenvalue weighted by Crippen LogP contribution is 2.12. The molecule has 1 heterocycles. The van der Waals surface area contributed by atoms with Crippen molar-refractivity contribution in [1.82, 2.24) is 25.4 Å². The molecule has 0 aliphatic rings. The molecule has 3 N–H and O–H groups in total. The Hall–Kier alpha value is -0.900. The van der Waals surface area contributed by atoms with Gasteiger partial charge in [0.25, 0.3) is 0 Å². The molecule has 0 aliphatic carbocycles. The Morgan fingerprint density at radius 1 is 1.33 bits per heavy atom. The molecule has 0 saturated heterocycles. The maximum absolute atomic E-state index is 10.3. The van der Waals surface area contributed by atoms with Gasteiger partial charge in [0.1, 0.15) is 18.7 Å². The van der Waals surface area contributed by atoms with Gasteiger partial charge in [-0.3, -0.25) is 4.68 Å². The van der Waals surface area contributed by atoms with Crippen molar-refractivity contribution in [3.63, 3.8) is 0 Å². The number of hydrogen-bond donors (Lipinski definition) is 3. The second kappa shape index (κ2) is 9.93. The molecule has 7 nitrogen and oxygen atoms in total. The van der Waals surface area contributed by atoms with Gasteiger partial charge in [-0.15, -0.1) is 24.0 Å². The van der Waals surface area contributed by atoms with Gasteiger partial charge in [-0.2, -0.15) is 5.10 Å². The maximum atomic E-state index is 10.3. The van der Waals surface area contributed by atoms with E-state index in [0.717, 1.165) is 12.4 Å². The first-order chi connectivity index (χ1) is 9.54. The zero-order valence-corrected chi connectivity index (χ0v) is 15.6. The van der Waals surface area contributed by atoms with Gasteiger partial charge in [0.15, 0.2) is 5.96 Å². The molecule has 0 radical (unpaired) electrons. The lowest BCUT2D eigenvalue weighted by Crippen LogP contribution is -2.46. The van der Waals surface area contributed by atoms with Gasteiger partial charge in [-0.05, 0) is 19.8 Å². The first-order valence-corrected chi connectivity index (χ1v) is 7.12. The largest absolute Gasteiger partial charge is 0.388 e. The molecule has 0 aliphatic heterocycles. The topological polar surface area (TPSA) is 87.4 Å². The number of nitrogens with zero attached hydrogens (tertiary/aromatic N) is 4. The Balaban J connectivity index is 0.00000400. The summed E-state index contributed by atoms with van der Waals surface area (Å²) < 4.78 is 1.70. The van der Waals surface area contributed by atoms with Crippen LogP contribution >= 0.6 is 24.0 Å². The van der Waals surface area contributed by atoms with E-state index in [1.54, 1.807) is 4.68 Å². The standard InChI is InChI=1S/C13H26N6O.HI/c1-5-13(20,6-2)9-16-12(14-7-3)15-8-11-17-10-18-19(11)4;/h10,20H,5-9H2,1-4H3,(H2,14,15,16);1H. The predicted octanol–water partition coefficient (Wildman–Crippen LogP) is 1.04. The number of rotatable bonds is 7. The number of guanidine groups is 1.